The second-order valence-corrected chi connectivity index (χ2v) is 4.21. The fraction of sp³-hybridized carbons (Fsp3) is 0.0714. The lowest BCUT2D eigenvalue weighted by Crippen LogP contribution is -2.17. The lowest BCUT2D eigenvalue weighted by molar-refractivity contribution is -0.116. The van der Waals surface area contributed by atoms with E-state index >= 15 is 0 Å². The topological polar surface area (TPSA) is 29.1 Å². The minimum Gasteiger partial charge on any atom is -0.325 e. The van der Waals surface area contributed by atoms with Gasteiger partial charge < -0.3 is 5.32 Å². The lowest BCUT2D eigenvalue weighted by atomic mass is 10.1. The minimum atomic E-state index is -0.842. The molecule has 0 heterocycles. The molecule has 0 aliphatic rings. The number of nitrogens with one attached hydrogen (secondary N) is 1. The Morgan fingerprint density at radius 2 is 1.67 bits per heavy atom. The Labute approximate surface area is 109 Å². The molecule has 2 aromatic carbocycles. The van der Waals surface area contributed by atoms with Gasteiger partial charge in [-0.05, 0) is 29.8 Å². The largest absolute Gasteiger partial charge is 0.325 e. The summed E-state index contributed by atoms with van der Waals surface area (Å²) in [4.78, 5) is 11.9. The van der Waals surface area contributed by atoms with Crippen molar-refractivity contribution in [2.75, 3.05) is 5.32 Å². The molecular weight excluding hydrogens is 253 g/mol. The zero-order chi connectivity index (χ0) is 13.0. The van der Waals surface area contributed by atoms with Crippen molar-refractivity contribution < 1.29 is 9.18 Å². The summed E-state index contributed by atoms with van der Waals surface area (Å²) >= 11 is 6.02. The molecule has 2 rings (SSSR count). The summed E-state index contributed by atoms with van der Waals surface area (Å²) < 4.78 is 12.8. The summed E-state index contributed by atoms with van der Waals surface area (Å²) in [5.41, 5.74) is 1.24. The van der Waals surface area contributed by atoms with Crippen LogP contribution in [0, 0.1) is 5.82 Å². The third kappa shape index (κ3) is 3.08. The molecule has 18 heavy (non-hydrogen) atoms. The van der Waals surface area contributed by atoms with Crippen molar-refractivity contribution >= 4 is 23.2 Å². The maximum atomic E-state index is 12.8. The number of anilines is 1. The van der Waals surface area contributed by atoms with Crippen LogP contribution in [0.3, 0.4) is 0 Å². The zero-order valence-electron chi connectivity index (χ0n) is 9.44. The van der Waals surface area contributed by atoms with E-state index in [-0.39, 0.29) is 11.7 Å². The molecule has 0 aliphatic carbocycles. The number of carbonyl (C=O) groups excluding carboxylic acids is 1. The van der Waals surface area contributed by atoms with Gasteiger partial charge in [0.2, 0.25) is 5.91 Å². The predicted octanol–water partition coefficient (Wildman–Crippen LogP) is 3.74. The number of hydrogen-bond donors (Lipinski definition) is 1. The highest BCUT2D eigenvalue weighted by Gasteiger charge is 2.17. The quantitative estimate of drug-likeness (QED) is 0.840. The standard InChI is InChI=1S/C14H11ClFNO/c15-13(10-6-8-11(16)9-7-10)14(18)17-12-4-2-1-3-5-12/h1-9,13H,(H,17,18). The molecule has 1 amide bonds. The Morgan fingerprint density at radius 1 is 1.06 bits per heavy atom. The SMILES string of the molecule is O=C(Nc1ccccc1)C(Cl)c1ccc(F)cc1. The smallest absolute Gasteiger partial charge is 0.246 e. The van der Waals surface area contributed by atoms with Crippen LogP contribution in [0.25, 0.3) is 0 Å². The lowest BCUT2D eigenvalue weighted by Gasteiger charge is -2.10. The van der Waals surface area contributed by atoms with Crippen LogP contribution >= 0.6 is 11.6 Å². The van der Waals surface area contributed by atoms with Crippen LogP contribution in [0.5, 0.6) is 0 Å². The van der Waals surface area contributed by atoms with Crippen molar-refractivity contribution in [2.45, 2.75) is 5.38 Å². The van der Waals surface area contributed by atoms with Gasteiger partial charge in [0.25, 0.3) is 0 Å². The monoisotopic (exact) mass is 263 g/mol. The van der Waals surface area contributed by atoms with Crippen LogP contribution in [0.15, 0.2) is 54.6 Å². The molecule has 1 atom stereocenters. The number of alkyl halides is 1. The molecule has 1 N–H and O–H groups in total. The highest BCUT2D eigenvalue weighted by atomic mass is 35.5. The van der Waals surface area contributed by atoms with Gasteiger partial charge in [0.1, 0.15) is 11.2 Å². The molecule has 92 valence electrons. The zero-order valence-corrected chi connectivity index (χ0v) is 10.2. The number of carbonyl (C=O) groups is 1. The molecule has 0 saturated heterocycles. The maximum absolute atomic E-state index is 12.8. The fourth-order valence-electron chi connectivity index (χ4n) is 1.51. The Morgan fingerprint density at radius 3 is 2.28 bits per heavy atom. The van der Waals surface area contributed by atoms with Crippen molar-refractivity contribution in [3.63, 3.8) is 0 Å². The van der Waals surface area contributed by atoms with E-state index in [4.69, 9.17) is 11.6 Å². The third-order valence-electron chi connectivity index (χ3n) is 2.43. The van der Waals surface area contributed by atoms with Crippen LogP contribution in [0.1, 0.15) is 10.9 Å². The van der Waals surface area contributed by atoms with Crippen LogP contribution in [-0.2, 0) is 4.79 Å². The van der Waals surface area contributed by atoms with Crippen LogP contribution in [0.4, 0.5) is 10.1 Å². The second kappa shape index (κ2) is 5.65. The van der Waals surface area contributed by atoms with Gasteiger partial charge in [-0.25, -0.2) is 4.39 Å². The number of benzene rings is 2. The van der Waals surface area contributed by atoms with Crippen molar-refractivity contribution in [3.05, 3.63) is 66.0 Å². The average Bonchev–Trinajstić information content (AvgIpc) is 2.40. The molecule has 0 fully saturated rings. The summed E-state index contributed by atoms with van der Waals surface area (Å²) in [5.74, 6) is -0.694. The molecule has 0 radical (unpaired) electrons. The molecule has 0 bridgehead atoms. The van der Waals surface area contributed by atoms with Crippen molar-refractivity contribution in [2.24, 2.45) is 0 Å². The van der Waals surface area contributed by atoms with Crippen molar-refractivity contribution in [1.82, 2.24) is 0 Å². The fourth-order valence-corrected chi connectivity index (χ4v) is 1.71. The highest BCUT2D eigenvalue weighted by Crippen LogP contribution is 2.22. The van der Waals surface area contributed by atoms with E-state index < -0.39 is 5.38 Å². The van der Waals surface area contributed by atoms with Crippen molar-refractivity contribution in [1.29, 1.82) is 0 Å². The first-order valence-corrected chi connectivity index (χ1v) is 5.86. The summed E-state index contributed by atoms with van der Waals surface area (Å²) in [6.45, 7) is 0. The Balaban J connectivity index is 2.07. The van der Waals surface area contributed by atoms with E-state index in [0.29, 0.717) is 11.3 Å². The number of halogens is 2. The number of hydrogen-bond acceptors (Lipinski definition) is 1. The number of para-hydroxylation sites is 1. The van der Waals surface area contributed by atoms with Gasteiger partial charge in [-0.15, -0.1) is 11.6 Å². The summed E-state index contributed by atoms with van der Waals surface area (Å²) in [5, 5.41) is 1.85. The van der Waals surface area contributed by atoms with Gasteiger partial charge in [-0.1, -0.05) is 30.3 Å². The summed E-state index contributed by atoms with van der Waals surface area (Å²) in [7, 11) is 0. The van der Waals surface area contributed by atoms with E-state index in [1.54, 1.807) is 12.1 Å². The van der Waals surface area contributed by atoms with Gasteiger partial charge >= 0.3 is 0 Å². The molecular formula is C14H11ClFNO. The predicted molar refractivity (Wildman–Crippen MR) is 70.1 cm³/mol. The van der Waals surface area contributed by atoms with Gasteiger partial charge in [-0.3, -0.25) is 4.79 Å². The van der Waals surface area contributed by atoms with Crippen LogP contribution < -0.4 is 5.32 Å². The Hall–Kier alpha value is -1.87. The van der Waals surface area contributed by atoms with Crippen molar-refractivity contribution in [3.8, 4) is 0 Å². The number of amides is 1. The van der Waals surface area contributed by atoms with Crippen LogP contribution in [0.2, 0.25) is 0 Å². The van der Waals surface area contributed by atoms with Gasteiger partial charge in [0.05, 0.1) is 0 Å². The highest BCUT2D eigenvalue weighted by molar-refractivity contribution is 6.32. The molecule has 0 saturated carbocycles. The van der Waals surface area contributed by atoms with Crippen LogP contribution in [-0.4, -0.2) is 5.91 Å². The first kappa shape index (κ1) is 12.6. The van der Waals surface area contributed by atoms with E-state index in [0.717, 1.165) is 0 Å². The normalized spacial score (nSPS) is 11.9. The molecule has 2 aromatic rings. The third-order valence-corrected chi connectivity index (χ3v) is 2.88. The summed E-state index contributed by atoms with van der Waals surface area (Å²) in [6.07, 6.45) is 0. The number of rotatable bonds is 3. The molecule has 2 nitrogen and oxygen atoms in total. The van der Waals surface area contributed by atoms with Gasteiger partial charge in [0.15, 0.2) is 0 Å². The molecule has 1 unspecified atom stereocenters. The average molecular weight is 264 g/mol. The van der Waals surface area contributed by atoms with E-state index in [1.165, 1.54) is 24.3 Å². The maximum Gasteiger partial charge on any atom is 0.246 e. The van der Waals surface area contributed by atoms with E-state index in [9.17, 15) is 9.18 Å². The summed E-state index contributed by atoms with van der Waals surface area (Å²) in [6, 6.07) is 14.6. The van der Waals surface area contributed by atoms with E-state index in [2.05, 4.69) is 5.32 Å². The van der Waals surface area contributed by atoms with E-state index in [1.807, 2.05) is 18.2 Å². The first-order valence-electron chi connectivity index (χ1n) is 5.42. The molecule has 4 heteroatoms. The molecule has 0 aliphatic heterocycles. The molecule has 0 aromatic heterocycles. The molecule has 0 spiro atoms. The van der Waals surface area contributed by atoms with Gasteiger partial charge in [-0.2, -0.15) is 0 Å². The Bertz CT molecular complexity index is 527. The minimum absolute atomic E-state index is 0.338. The Kier molecular flexibility index (Phi) is 3.95. The van der Waals surface area contributed by atoms with Gasteiger partial charge in [0, 0.05) is 5.69 Å². The second-order valence-electron chi connectivity index (χ2n) is 3.77. The first-order chi connectivity index (χ1) is 8.66.